The molecule has 0 radical (unpaired) electrons. The molecule has 2 rings (SSSR count). The quantitative estimate of drug-likeness (QED) is 0.586. The molecule has 1 aromatic carbocycles. The fourth-order valence-electron chi connectivity index (χ4n) is 2.88. The number of hydrogen-bond donors (Lipinski definition) is 0. The molecule has 1 unspecified atom stereocenters. The lowest BCUT2D eigenvalue weighted by atomic mass is 9.90. The lowest BCUT2D eigenvalue weighted by Crippen LogP contribution is -1.98. The minimum atomic E-state index is 0.696. The molecule has 0 fully saturated rings. The van der Waals surface area contributed by atoms with E-state index in [1.807, 2.05) is 0 Å². The van der Waals surface area contributed by atoms with Crippen LogP contribution in [-0.4, -0.2) is 0 Å². The summed E-state index contributed by atoms with van der Waals surface area (Å²) in [5, 5.41) is 0. The molecule has 0 heteroatoms. The second kappa shape index (κ2) is 5.53. The summed E-state index contributed by atoms with van der Waals surface area (Å²) in [5.41, 5.74) is 5.97. The topological polar surface area (TPSA) is 0 Å². The van der Waals surface area contributed by atoms with E-state index >= 15 is 0 Å². The van der Waals surface area contributed by atoms with Gasteiger partial charge in [0.05, 0.1) is 0 Å². The van der Waals surface area contributed by atoms with E-state index in [9.17, 15) is 0 Å². The Morgan fingerprint density at radius 2 is 1.88 bits per heavy atom. The number of unbranched alkanes of at least 4 members (excludes halogenated alkanes) is 3. The average Bonchev–Trinajstić information content (AvgIpc) is 2.61. The van der Waals surface area contributed by atoms with Gasteiger partial charge in [0, 0.05) is 5.92 Å². The zero-order chi connectivity index (χ0) is 12.3. The van der Waals surface area contributed by atoms with Crippen molar-refractivity contribution in [2.45, 2.75) is 58.8 Å². The molecular weight excluding hydrogens is 204 g/mol. The zero-order valence-corrected chi connectivity index (χ0v) is 11.4. The lowest BCUT2D eigenvalue weighted by molar-refractivity contribution is 0.596. The van der Waals surface area contributed by atoms with E-state index in [1.165, 1.54) is 43.2 Å². The molecule has 1 atom stereocenters. The van der Waals surface area contributed by atoms with Crippen molar-refractivity contribution in [1.82, 2.24) is 0 Å². The Morgan fingerprint density at radius 1 is 1.06 bits per heavy atom. The van der Waals surface area contributed by atoms with Crippen LogP contribution >= 0.6 is 0 Å². The summed E-state index contributed by atoms with van der Waals surface area (Å²) in [7, 11) is 0. The summed E-state index contributed by atoms with van der Waals surface area (Å²) < 4.78 is 0. The van der Waals surface area contributed by atoms with E-state index < -0.39 is 0 Å². The third-order valence-electron chi connectivity index (χ3n) is 3.90. The van der Waals surface area contributed by atoms with Gasteiger partial charge in [0.2, 0.25) is 0 Å². The van der Waals surface area contributed by atoms with Crippen molar-refractivity contribution in [1.29, 1.82) is 0 Å². The van der Waals surface area contributed by atoms with E-state index in [0.717, 1.165) is 0 Å². The minimum absolute atomic E-state index is 0.696. The fraction of sp³-hybridized carbons (Fsp3) is 0.529. The van der Waals surface area contributed by atoms with Crippen molar-refractivity contribution in [2.75, 3.05) is 0 Å². The first-order chi connectivity index (χ1) is 8.22. The highest BCUT2D eigenvalue weighted by atomic mass is 14.3. The summed E-state index contributed by atoms with van der Waals surface area (Å²) in [6, 6.07) is 6.88. The van der Waals surface area contributed by atoms with Crippen LogP contribution in [0.4, 0.5) is 0 Å². The Hall–Kier alpha value is -1.04. The Labute approximate surface area is 106 Å². The van der Waals surface area contributed by atoms with Gasteiger partial charge in [-0.1, -0.05) is 68.0 Å². The molecule has 0 spiro atoms. The second-order valence-electron chi connectivity index (χ2n) is 5.42. The van der Waals surface area contributed by atoms with Gasteiger partial charge in [0.25, 0.3) is 0 Å². The molecule has 1 aliphatic carbocycles. The van der Waals surface area contributed by atoms with Gasteiger partial charge in [-0.05, 0) is 31.4 Å². The van der Waals surface area contributed by atoms with Crippen LogP contribution in [0.15, 0.2) is 23.8 Å². The lowest BCUT2D eigenvalue weighted by Gasteiger charge is -2.14. The van der Waals surface area contributed by atoms with Crippen LogP contribution in [0.2, 0.25) is 0 Å². The number of aryl methyl sites for hydroxylation is 1. The average molecular weight is 228 g/mol. The maximum Gasteiger partial charge on any atom is 0.00547 e. The van der Waals surface area contributed by atoms with Crippen molar-refractivity contribution < 1.29 is 0 Å². The smallest absolute Gasteiger partial charge is 0.00547 e. The van der Waals surface area contributed by atoms with Crippen LogP contribution in [0.3, 0.4) is 0 Å². The van der Waals surface area contributed by atoms with Crippen molar-refractivity contribution in [3.05, 3.63) is 40.5 Å². The van der Waals surface area contributed by atoms with E-state index in [-0.39, 0.29) is 0 Å². The third-order valence-corrected chi connectivity index (χ3v) is 3.90. The van der Waals surface area contributed by atoms with Crippen molar-refractivity contribution in [2.24, 2.45) is 0 Å². The number of benzene rings is 1. The molecule has 0 heterocycles. The van der Waals surface area contributed by atoms with E-state index in [4.69, 9.17) is 0 Å². The molecule has 92 valence electrons. The van der Waals surface area contributed by atoms with Crippen LogP contribution < -0.4 is 0 Å². The molecule has 0 saturated heterocycles. The molecule has 0 bridgehead atoms. The Morgan fingerprint density at radius 3 is 2.65 bits per heavy atom. The van der Waals surface area contributed by atoms with Gasteiger partial charge in [-0.3, -0.25) is 0 Å². The fourth-order valence-corrected chi connectivity index (χ4v) is 2.88. The van der Waals surface area contributed by atoms with Crippen LogP contribution in [0.1, 0.15) is 68.6 Å². The molecule has 0 N–H and O–H groups in total. The van der Waals surface area contributed by atoms with Gasteiger partial charge >= 0.3 is 0 Å². The van der Waals surface area contributed by atoms with E-state index in [1.54, 1.807) is 11.1 Å². The Balaban J connectivity index is 2.04. The number of allylic oxidation sites excluding steroid dienone is 1. The highest BCUT2D eigenvalue weighted by molar-refractivity contribution is 5.66. The summed E-state index contributed by atoms with van der Waals surface area (Å²) >= 11 is 0. The zero-order valence-electron chi connectivity index (χ0n) is 11.4. The van der Waals surface area contributed by atoms with E-state index in [2.05, 4.69) is 45.0 Å². The maximum absolute atomic E-state index is 2.38. The summed E-state index contributed by atoms with van der Waals surface area (Å²) in [4.78, 5) is 0. The largest absolute Gasteiger partial charge is 0.0654 e. The first-order valence-electron chi connectivity index (χ1n) is 7.01. The van der Waals surface area contributed by atoms with Crippen LogP contribution in [0, 0.1) is 6.92 Å². The van der Waals surface area contributed by atoms with Crippen LogP contribution in [-0.2, 0) is 0 Å². The first kappa shape index (κ1) is 12.4. The van der Waals surface area contributed by atoms with Gasteiger partial charge < -0.3 is 0 Å². The number of rotatable bonds is 5. The standard InChI is InChI=1S/C17H24/c1-4-5-6-7-8-16-14(3)12-15-10-9-13(2)11-17(15)16/h9-12,16H,4-8H2,1-3H3. The van der Waals surface area contributed by atoms with Crippen molar-refractivity contribution >= 4 is 6.08 Å². The summed E-state index contributed by atoms with van der Waals surface area (Å²) in [6.45, 7) is 6.77. The van der Waals surface area contributed by atoms with Gasteiger partial charge in [0.1, 0.15) is 0 Å². The SMILES string of the molecule is CCCCCCC1C(C)=Cc2ccc(C)cc21. The molecule has 0 aromatic heterocycles. The molecule has 0 aliphatic heterocycles. The van der Waals surface area contributed by atoms with Gasteiger partial charge in [0.15, 0.2) is 0 Å². The molecule has 0 nitrogen and oxygen atoms in total. The second-order valence-corrected chi connectivity index (χ2v) is 5.42. The van der Waals surface area contributed by atoms with Gasteiger partial charge in [-0.15, -0.1) is 0 Å². The summed E-state index contributed by atoms with van der Waals surface area (Å²) in [6.07, 6.45) is 9.18. The van der Waals surface area contributed by atoms with Crippen molar-refractivity contribution in [3.63, 3.8) is 0 Å². The Kier molecular flexibility index (Phi) is 4.04. The highest BCUT2D eigenvalue weighted by Gasteiger charge is 2.21. The number of hydrogen-bond acceptors (Lipinski definition) is 0. The third kappa shape index (κ3) is 2.80. The molecule has 17 heavy (non-hydrogen) atoms. The molecular formula is C17H24. The van der Waals surface area contributed by atoms with Gasteiger partial charge in [-0.25, -0.2) is 0 Å². The van der Waals surface area contributed by atoms with Crippen molar-refractivity contribution in [3.8, 4) is 0 Å². The normalized spacial score (nSPS) is 18.1. The minimum Gasteiger partial charge on any atom is -0.0654 e. The maximum atomic E-state index is 2.38. The number of fused-ring (bicyclic) bond motifs is 1. The predicted molar refractivity (Wildman–Crippen MR) is 76.3 cm³/mol. The predicted octanol–water partition coefficient (Wildman–Crippen LogP) is 5.47. The molecule has 1 aliphatic rings. The van der Waals surface area contributed by atoms with E-state index in [0.29, 0.717) is 5.92 Å². The summed E-state index contributed by atoms with van der Waals surface area (Å²) in [5.74, 6) is 0.696. The van der Waals surface area contributed by atoms with Crippen LogP contribution in [0.25, 0.3) is 6.08 Å². The highest BCUT2D eigenvalue weighted by Crippen LogP contribution is 2.39. The molecule has 1 aromatic rings. The monoisotopic (exact) mass is 228 g/mol. The Bertz CT molecular complexity index is 412. The molecule has 0 saturated carbocycles. The first-order valence-corrected chi connectivity index (χ1v) is 7.01. The molecule has 0 amide bonds. The van der Waals surface area contributed by atoms with Crippen LogP contribution in [0.5, 0.6) is 0 Å². The van der Waals surface area contributed by atoms with Gasteiger partial charge in [-0.2, -0.15) is 0 Å².